The Hall–Kier alpha value is -1.83. The molecular weight excluding hydrogens is 470 g/mol. The third-order valence-electron chi connectivity index (χ3n) is 3.62. The van der Waals surface area contributed by atoms with Crippen LogP contribution in [0.5, 0.6) is 0 Å². The van der Waals surface area contributed by atoms with Crippen molar-refractivity contribution in [3.63, 3.8) is 0 Å². The van der Waals surface area contributed by atoms with Gasteiger partial charge in [-0.2, -0.15) is 10.1 Å². The zero-order chi connectivity index (χ0) is 17.2. The molecule has 0 saturated carbocycles. The van der Waals surface area contributed by atoms with E-state index in [1.165, 1.54) is 0 Å². The predicted molar refractivity (Wildman–Crippen MR) is 111 cm³/mol. The number of pyridine rings is 1. The van der Waals surface area contributed by atoms with Crippen molar-refractivity contribution in [2.75, 3.05) is 5.32 Å². The van der Waals surface area contributed by atoms with Crippen LogP contribution >= 0.6 is 40.0 Å². The maximum Gasteiger partial charge on any atom is 0.224 e. The Morgan fingerprint density at radius 2 is 1.88 bits per heavy atom. The molecule has 0 amide bonds. The van der Waals surface area contributed by atoms with Crippen LogP contribution < -0.4 is 5.32 Å². The standard InChI is InChI=1S/C16H11ClIN6P/c17-16-22-14-8-19-6-5-13(14)15(23-16)21-12-3-1-10(2-4-12)11-7-20-24(9-11)25-18/h1-9,25H,(H,21,22,23). The first-order valence-corrected chi connectivity index (χ1v) is 11.7. The summed E-state index contributed by atoms with van der Waals surface area (Å²) in [6.07, 6.45) is 7.89. The third kappa shape index (κ3) is 3.58. The average molecular weight is 481 g/mol. The Bertz CT molecular complexity index is 1040. The van der Waals surface area contributed by atoms with E-state index < -0.39 is 0 Å². The lowest BCUT2D eigenvalue weighted by molar-refractivity contribution is 1.01. The molecular formula is C16H11ClIN6P. The second-order valence-electron chi connectivity index (χ2n) is 5.19. The zero-order valence-electron chi connectivity index (χ0n) is 12.7. The number of hydrogen-bond donors (Lipinski definition) is 1. The van der Waals surface area contributed by atoms with E-state index in [0.717, 1.165) is 22.2 Å². The molecule has 0 aliphatic rings. The van der Waals surface area contributed by atoms with E-state index in [2.05, 4.69) is 47.4 Å². The van der Waals surface area contributed by atoms with Gasteiger partial charge in [0.2, 0.25) is 5.28 Å². The fraction of sp³-hybridized carbons (Fsp3) is 0. The van der Waals surface area contributed by atoms with E-state index in [0.29, 0.717) is 17.7 Å². The van der Waals surface area contributed by atoms with Gasteiger partial charge in [-0.15, -0.1) is 0 Å². The highest BCUT2D eigenvalue weighted by atomic mass is 127. The van der Waals surface area contributed by atoms with E-state index >= 15 is 0 Å². The van der Waals surface area contributed by atoms with Crippen molar-refractivity contribution in [3.05, 3.63) is 60.4 Å². The molecule has 0 bridgehead atoms. The number of rotatable bonds is 4. The fourth-order valence-corrected chi connectivity index (χ4v) is 3.70. The largest absolute Gasteiger partial charge is 0.340 e. The molecule has 3 heterocycles. The number of aromatic nitrogens is 5. The predicted octanol–water partition coefficient (Wildman–Crippen LogP) is 5.08. The number of fused-ring (bicyclic) bond motifs is 1. The molecule has 4 aromatic rings. The van der Waals surface area contributed by atoms with Gasteiger partial charge in [-0.1, -0.05) is 12.1 Å². The Morgan fingerprint density at radius 3 is 2.64 bits per heavy atom. The molecule has 1 unspecified atom stereocenters. The summed E-state index contributed by atoms with van der Waals surface area (Å²) in [5.41, 5.74) is 3.83. The van der Waals surface area contributed by atoms with Gasteiger partial charge in [0.1, 0.15) is 5.82 Å². The summed E-state index contributed by atoms with van der Waals surface area (Å²) in [4.78, 5) is 12.6. The summed E-state index contributed by atoms with van der Waals surface area (Å²) in [5, 5.41) is 8.67. The van der Waals surface area contributed by atoms with E-state index in [1.54, 1.807) is 12.4 Å². The van der Waals surface area contributed by atoms with Gasteiger partial charge in [-0.3, -0.25) is 4.98 Å². The van der Waals surface area contributed by atoms with Crippen LogP contribution in [0.15, 0.2) is 55.1 Å². The van der Waals surface area contributed by atoms with E-state index in [9.17, 15) is 0 Å². The van der Waals surface area contributed by atoms with E-state index in [-0.39, 0.29) is 5.28 Å². The van der Waals surface area contributed by atoms with Gasteiger partial charge in [0.25, 0.3) is 0 Å². The monoisotopic (exact) mass is 480 g/mol. The van der Waals surface area contributed by atoms with Gasteiger partial charge < -0.3 is 5.32 Å². The molecule has 0 fully saturated rings. The normalized spacial score (nSPS) is 11.4. The maximum absolute atomic E-state index is 6.01. The van der Waals surface area contributed by atoms with Crippen molar-refractivity contribution < 1.29 is 0 Å². The number of hydrogen-bond acceptors (Lipinski definition) is 5. The van der Waals surface area contributed by atoms with Crippen LogP contribution in [0.25, 0.3) is 22.0 Å². The van der Waals surface area contributed by atoms with Crippen molar-refractivity contribution in [3.8, 4) is 11.1 Å². The van der Waals surface area contributed by atoms with Crippen LogP contribution in [0.3, 0.4) is 0 Å². The molecule has 0 saturated heterocycles. The molecule has 4 rings (SSSR count). The molecule has 124 valence electrons. The van der Waals surface area contributed by atoms with Crippen LogP contribution in [0.1, 0.15) is 0 Å². The molecule has 0 radical (unpaired) electrons. The molecule has 6 nitrogen and oxygen atoms in total. The number of nitrogens with zero attached hydrogens (tertiary/aromatic N) is 5. The third-order valence-corrected chi connectivity index (χ3v) is 5.69. The lowest BCUT2D eigenvalue weighted by atomic mass is 10.1. The Balaban J connectivity index is 1.63. The summed E-state index contributed by atoms with van der Waals surface area (Å²) in [7, 11) is 0. The molecule has 25 heavy (non-hydrogen) atoms. The van der Waals surface area contributed by atoms with Gasteiger partial charge in [-0.05, 0) is 57.4 Å². The number of nitrogens with one attached hydrogen (secondary N) is 1. The Kier molecular flexibility index (Phi) is 4.78. The highest BCUT2D eigenvalue weighted by Gasteiger charge is 2.07. The zero-order valence-corrected chi connectivity index (χ0v) is 16.6. The number of benzene rings is 1. The summed E-state index contributed by atoms with van der Waals surface area (Å²) in [5.74, 6) is 0.657. The van der Waals surface area contributed by atoms with Crippen molar-refractivity contribution >= 4 is 62.4 Å². The molecule has 0 aliphatic carbocycles. The van der Waals surface area contributed by atoms with Crippen molar-refractivity contribution in [1.82, 2.24) is 24.5 Å². The maximum atomic E-state index is 6.01. The number of halogens is 2. The van der Waals surface area contributed by atoms with E-state index in [1.807, 2.05) is 47.2 Å². The summed E-state index contributed by atoms with van der Waals surface area (Å²) < 4.78 is 1.92. The van der Waals surface area contributed by atoms with Gasteiger partial charge in [0, 0.05) is 29.0 Å². The molecule has 3 aromatic heterocycles. The second kappa shape index (κ2) is 7.19. The van der Waals surface area contributed by atoms with Crippen LogP contribution in [-0.4, -0.2) is 24.5 Å². The minimum absolute atomic E-state index is 0.187. The fourth-order valence-electron chi connectivity index (χ4n) is 2.45. The minimum Gasteiger partial charge on any atom is -0.340 e. The lowest BCUT2D eigenvalue weighted by Crippen LogP contribution is -1.97. The highest BCUT2D eigenvalue weighted by Crippen LogP contribution is 2.29. The quantitative estimate of drug-likeness (QED) is 0.251. The molecule has 1 aromatic carbocycles. The SMILES string of the molecule is Clc1nc(Nc2ccc(-c3cnn(PI)c3)cc2)c2ccncc2n1. The first-order valence-electron chi connectivity index (χ1n) is 7.29. The molecule has 0 aliphatic heterocycles. The van der Waals surface area contributed by atoms with Crippen molar-refractivity contribution in [2.45, 2.75) is 0 Å². The topological polar surface area (TPSA) is 68.5 Å². The van der Waals surface area contributed by atoms with Gasteiger partial charge >= 0.3 is 0 Å². The Morgan fingerprint density at radius 1 is 1.04 bits per heavy atom. The van der Waals surface area contributed by atoms with Gasteiger partial charge in [0.05, 0.1) is 24.3 Å². The molecule has 1 atom stereocenters. The summed E-state index contributed by atoms with van der Waals surface area (Å²) >= 11 is 8.32. The second-order valence-corrected chi connectivity index (χ2v) is 7.61. The first kappa shape index (κ1) is 16.6. The number of anilines is 2. The highest BCUT2D eigenvalue weighted by molar-refractivity contribution is 14.2. The average Bonchev–Trinajstić information content (AvgIpc) is 3.11. The summed E-state index contributed by atoms with van der Waals surface area (Å²) in [6, 6.07) is 9.96. The summed E-state index contributed by atoms with van der Waals surface area (Å²) in [6.45, 7) is 0. The molecule has 0 spiro atoms. The van der Waals surface area contributed by atoms with Gasteiger partial charge in [0.15, 0.2) is 0 Å². The Labute approximate surface area is 163 Å². The van der Waals surface area contributed by atoms with Gasteiger partial charge in [-0.25, -0.2) is 9.44 Å². The van der Waals surface area contributed by atoms with Crippen LogP contribution in [0.2, 0.25) is 5.28 Å². The van der Waals surface area contributed by atoms with Crippen molar-refractivity contribution in [2.24, 2.45) is 0 Å². The van der Waals surface area contributed by atoms with Crippen LogP contribution in [0.4, 0.5) is 11.5 Å². The first-order chi connectivity index (χ1) is 12.2. The smallest absolute Gasteiger partial charge is 0.224 e. The van der Waals surface area contributed by atoms with Crippen molar-refractivity contribution in [1.29, 1.82) is 0 Å². The van der Waals surface area contributed by atoms with Crippen LogP contribution in [0, 0.1) is 0 Å². The van der Waals surface area contributed by atoms with E-state index in [4.69, 9.17) is 11.6 Å². The lowest BCUT2D eigenvalue weighted by Gasteiger charge is -2.09. The van der Waals surface area contributed by atoms with Crippen LogP contribution in [-0.2, 0) is 0 Å². The minimum atomic E-state index is 0.187. The molecule has 1 N–H and O–H groups in total. The molecule has 9 heteroatoms.